The van der Waals surface area contributed by atoms with Crippen LogP contribution in [0.3, 0.4) is 0 Å². The van der Waals surface area contributed by atoms with E-state index in [0.29, 0.717) is 19.4 Å². The highest BCUT2D eigenvalue weighted by atomic mass is 16.5. The van der Waals surface area contributed by atoms with Crippen LogP contribution in [-0.4, -0.2) is 35.2 Å². The molecule has 14 heavy (non-hydrogen) atoms. The number of carbonyl (C=O) groups is 2. The summed E-state index contributed by atoms with van der Waals surface area (Å²) in [7, 11) is 0. The third-order valence-electron chi connectivity index (χ3n) is 2.31. The maximum absolute atomic E-state index is 11.4. The van der Waals surface area contributed by atoms with Crippen LogP contribution in [0, 0.1) is 0 Å². The molecule has 5 heteroatoms. The second-order valence-corrected chi connectivity index (χ2v) is 3.47. The van der Waals surface area contributed by atoms with Crippen LogP contribution in [0.1, 0.15) is 26.7 Å². The second kappa shape index (κ2) is 3.96. The molecule has 1 unspecified atom stereocenters. The maximum atomic E-state index is 11.4. The lowest BCUT2D eigenvalue weighted by Crippen LogP contribution is -2.47. The van der Waals surface area contributed by atoms with Gasteiger partial charge in [0.1, 0.15) is 11.6 Å². The largest absolute Gasteiger partial charge is 0.480 e. The molecule has 1 atom stereocenters. The summed E-state index contributed by atoms with van der Waals surface area (Å²) in [6.45, 7) is 3.83. The molecule has 1 amide bonds. The van der Waals surface area contributed by atoms with E-state index in [0.717, 1.165) is 0 Å². The molecule has 1 aliphatic carbocycles. The molecular formula is C9H15NO4. The molecule has 0 bridgehead atoms. The van der Waals surface area contributed by atoms with E-state index in [9.17, 15) is 9.59 Å². The van der Waals surface area contributed by atoms with Crippen molar-refractivity contribution in [3.8, 4) is 0 Å². The van der Waals surface area contributed by atoms with E-state index in [1.165, 1.54) is 0 Å². The van der Waals surface area contributed by atoms with Gasteiger partial charge in [-0.2, -0.15) is 0 Å². The van der Waals surface area contributed by atoms with Crippen molar-refractivity contribution in [2.24, 2.45) is 0 Å². The van der Waals surface area contributed by atoms with Gasteiger partial charge < -0.3 is 15.2 Å². The van der Waals surface area contributed by atoms with E-state index < -0.39 is 17.6 Å². The van der Waals surface area contributed by atoms with Crippen molar-refractivity contribution in [2.45, 2.75) is 38.3 Å². The highest BCUT2D eigenvalue weighted by molar-refractivity contribution is 5.91. The maximum Gasteiger partial charge on any atom is 0.329 e. The first-order valence-corrected chi connectivity index (χ1v) is 4.69. The predicted molar refractivity (Wildman–Crippen MR) is 48.8 cm³/mol. The first-order valence-electron chi connectivity index (χ1n) is 4.69. The van der Waals surface area contributed by atoms with Gasteiger partial charge in [0.25, 0.3) is 0 Å². The van der Waals surface area contributed by atoms with Gasteiger partial charge >= 0.3 is 5.97 Å². The summed E-state index contributed by atoms with van der Waals surface area (Å²) in [6.07, 6.45) is 0.427. The number of aliphatic carboxylic acids is 1. The molecule has 0 aromatic heterocycles. The van der Waals surface area contributed by atoms with Gasteiger partial charge in [0.05, 0.1) is 0 Å². The van der Waals surface area contributed by atoms with Crippen LogP contribution in [0.25, 0.3) is 0 Å². The molecule has 0 aromatic carbocycles. The summed E-state index contributed by atoms with van der Waals surface area (Å²) >= 11 is 0. The second-order valence-electron chi connectivity index (χ2n) is 3.47. The molecule has 1 saturated carbocycles. The highest BCUT2D eigenvalue weighted by Crippen LogP contribution is 2.35. The Hall–Kier alpha value is -1.10. The van der Waals surface area contributed by atoms with Crippen molar-refractivity contribution >= 4 is 11.9 Å². The van der Waals surface area contributed by atoms with Gasteiger partial charge in [-0.3, -0.25) is 4.79 Å². The Morgan fingerprint density at radius 1 is 1.57 bits per heavy atom. The van der Waals surface area contributed by atoms with Crippen molar-refractivity contribution in [1.82, 2.24) is 5.32 Å². The molecular weight excluding hydrogens is 186 g/mol. The number of amides is 1. The summed E-state index contributed by atoms with van der Waals surface area (Å²) in [4.78, 5) is 22.1. The number of ether oxygens (including phenoxy) is 1. The molecule has 0 heterocycles. The third-order valence-corrected chi connectivity index (χ3v) is 2.31. The van der Waals surface area contributed by atoms with Crippen LogP contribution in [0.4, 0.5) is 0 Å². The number of nitrogens with one attached hydrogen (secondary N) is 1. The lowest BCUT2D eigenvalue weighted by molar-refractivity contribution is -0.145. The number of rotatable bonds is 5. The lowest BCUT2D eigenvalue weighted by Gasteiger charge is -2.16. The fourth-order valence-electron chi connectivity index (χ4n) is 1.18. The van der Waals surface area contributed by atoms with E-state index in [1.54, 1.807) is 13.8 Å². The zero-order valence-electron chi connectivity index (χ0n) is 8.37. The Labute approximate surface area is 82.4 Å². The standard InChI is InChI=1S/C9H15NO4/c1-3-14-6(2)7(11)10-9(4-5-9)8(12)13/h6H,3-5H2,1-2H3,(H,10,11)(H,12,13). The molecule has 0 aromatic rings. The van der Waals surface area contributed by atoms with Crippen LogP contribution in [0.5, 0.6) is 0 Å². The van der Waals surface area contributed by atoms with Gasteiger partial charge in [-0.05, 0) is 26.7 Å². The Morgan fingerprint density at radius 2 is 2.14 bits per heavy atom. The van der Waals surface area contributed by atoms with Gasteiger partial charge in [0, 0.05) is 6.61 Å². The fraction of sp³-hybridized carbons (Fsp3) is 0.778. The summed E-state index contributed by atoms with van der Waals surface area (Å²) < 4.78 is 5.05. The number of carboxylic acids is 1. The van der Waals surface area contributed by atoms with Crippen LogP contribution in [0.15, 0.2) is 0 Å². The minimum Gasteiger partial charge on any atom is -0.480 e. The van der Waals surface area contributed by atoms with E-state index in [-0.39, 0.29) is 5.91 Å². The minimum absolute atomic E-state index is 0.355. The molecule has 1 rings (SSSR count). The first kappa shape index (κ1) is 11.0. The normalized spacial score (nSPS) is 19.9. The van der Waals surface area contributed by atoms with E-state index in [1.807, 2.05) is 0 Å². The Morgan fingerprint density at radius 3 is 2.50 bits per heavy atom. The van der Waals surface area contributed by atoms with Gasteiger partial charge in [-0.15, -0.1) is 0 Å². The minimum atomic E-state index is -1.01. The average Bonchev–Trinajstić information content (AvgIpc) is 2.86. The number of hydrogen-bond acceptors (Lipinski definition) is 3. The monoisotopic (exact) mass is 201 g/mol. The summed E-state index contributed by atoms with van der Waals surface area (Å²) in [5.74, 6) is -1.32. The van der Waals surface area contributed by atoms with Crippen molar-refractivity contribution in [3.63, 3.8) is 0 Å². The molecule has 80 valence electrons. The van der Waals surface area contributed by atoms with Gasteiger partial charge in [-0.25, -0.2) is 4.79 Å². The molecule has 2 N–H and O–H groups in total. The van der Waals surface area contributed by atoms with Crippen molar-refractivity contribution in [1.29, 1.82) is 0 Å². The van der Waals surface area contributed by atoms with Crippen LogP contribution in [0.2, 0.25) is 0 Å². The molecule has 0 spiro atoms. The SMILES string of the molecule is CCOC(C)C(=O)NC1(C(=O)O)CC1. The zero-order chi connectivity index (χ0) is 10.8. The molecule has 1 fully saturated rings. The van der Waals surface area contributed by atoms with Crippen molar-refractivity contribution in [3.05, 3.63) is 0 Å². The molecule has 0 aliphatic heterocycles. The molecule has 1 aliphatic rings. The van der Waals surface area contributed by atoms with Crippen LogP contribution < -0.4 is 5.32 Å². The lowest BCUT2D eigenvalue weighted by atomic mass is 10.2. The first-order chi connectivity index (χ1) is 6.52. The van der Waals surface area contributed by atoms with Crippen molar-refractivity contribution < 1.29 is 19.4 Å². The number of carbonyl (C=O) groups excluding carboxylic acids is 1. The van der Waals surface area contributed by atoms with E-state index >= 15 is 0 Å². The summed E-state index contributed by atoms with van der Waals surface area (Å²) in [5, 5.41) is 11.3. The quantitative estimate of drug-likeness (QED) is 0.663. The molecule has 5 nitrogen and oxygen atoms in total. The molecule has 0 saturated heterocycles. The fourth-order valence-corrected chi connectivity index (χ4v) is 1.18. The topological polar surface area (TPSA) is 75.6 Å². The average molecular weight is 201 g/mol. The van der Waals surface area contributed by atoms with E-state index in [2.05, 4.69) is 5.32 Å². The van der Waals surface area contributed by atoms with Crippen LogP contribution in [-0.2, 0) is 14.3 Å². The van der Waals surface area contributed by atoms with Crippen LogP contribution >= 0.6 is 0 Å². The third kappa shape index (κ3) is 2.23. The number of carboxylic acid groups (broad SMARTS) is 1. The predicted octanol–water partition coefficient (Wildman–Crippen LogP) is 0.145. The Bertz CT molecular complexity index is 247. The Kier molecular flexibility index (Phi) is 3.10. The smallest absolute Gasteiger partial charge is 0.329 e. The summed E-state index contributed by atoms with van der Waals surface area (Å²) in [6, 6.07) is 0. The zero-order valence-corrected chi connectivity index (χ0v) is 8.37. The van der Waals surface area contributed by atoms with Gasteiger partial charge in [0.15, 0.2) is 0 Å². The summed E-state index contributed by atoms with van der Waals surface area (Å²) in [5.41, 5.74) is -1.01. The number of hydrogen-bond donors (Lipinski definition) is 2. The Balaban J connectivity index is 2.44. The molecule has 0 radical (unpaired) electrons. The van der Waals surface area contributed by atoms with Crippen molar-refractivity contribution in [2.75, 3.05) is 6.61 Å². The highest BCUT2D eigenvalue weighted by Gasteiger charge is 2.52. The van der Waals surface area contributed by atoms with E-state index in [4.69, 9.17) is 9.84 Å². The van der Waals surface area contributed by atoms with Gasteiger partial charge in [0.2, 0.25) is 5.91 Å². The van der Waals surface area contributed by atoms with Gasteiger partial charge in [-0.1, -0.05) is 0 Å².